The number of hydrogen-bond acceptors (Lipinski definition) is 2. The van der Waals surface area contributed by atoms with E-state index in [1.807, 2.05) is 13.0 Å². The van der Waals surface area contributed by atoms with Gasteiger partial charge < -0.3 is 5.11 Å². The minimum atomic E-state index is -0.439. The highest BCUT2D eigenvalue weighted by Gasteiger charge is 2.17. The van der Waals surface area contributed by atoms with E-state index in [0.717, 1.165) is 21.4 Å². The topological polar surface area (TPSA) is 20.2 Å². The number of thiophene rings is 1. The predicted octanol–water partition coefficient (Wildman–Crippen LogP) is 4.12. The van der Waals surface area contributed by atoms with Crippen LogP contribution < -0.4 is 0 Å². The molecule has 16 heavy (non-hydrogen) atoms. The third-order valence-corrected chi connectivity index (χ3v) is 4.14. The quantitative estimate of drug-likeness (QED) is 0.852. The van der Waals surface area contributed by atoms with Gasteiger partial charge in [0.25, 0.3) is 0 Å². The molecular formula is C13H15FOS. The zero-order valence-electron chi connectivity index (χ0n) is 9.40. The molecule has 0 bridgehead atoms. The molecule has 0 aliphatic heterocycles. The second kappa shape index (κ2) is 4.52. The molecule has 86 valence electrons. The van der Waals surface area contributed by atoms with E-state index < -0.39 is 6.10 Å². The van der Waals surface area contributed by atoms with Crippen LogP contribution >= 0.6 is 11.3 Å². The maximum Gasteiger partial charge on any atom is 0.124 e. The van der Waals surface area contributed by atoms with Crippen LogP contribution in [0.2, 0.25) is 0 Å². The molecule has 1 aromatic heterocycles. The molecule has 1 heterocycles. The third-order valence-electron chi connectivity index (χ3n) is 2.98. The van der Waals surface area contributed by atoms with E-state index in [-0.39, 0.29) is 11.7 Å². The van der Waals surface area contributed by atoms with Gasteiger partial charge in [-0.15, -0.1) is 11.3 Å². The van der Waals surface area contributed by atoms with Gasteiger partial charge in [0.05, 0.1) is 6.10 Å². The van der Waals surface area contributed by atoms with E-state index in [1.54, 1.807) is 6.07 Å². The molecule has 0 aliphatic carbocycles. The molecule has 0 fully saturated rings. The Bertz CT molecular complexity index is 492. The van der Waals surface area contributed by atoms with Gasteiger partial charge in [-0.25, -0.2) is 4.39 Å². The van der Waals surface area contributed by atoms with Crippen molar-refractivity contribution in [3.63, 3.8) is 0 Å². The molecule has 0 saturated carbocycles. The molecule has 0 aliphatic rings. The zero-order chi connectivity index (χ0) is 11.7. The van der Waals surface area contributed by atoms with Crippen molar-refractivity contribution in [2.24, 2.45) is 5.92 Å². The Kier molecular flexibility index (Phi) is 3.26. The standard InChI is InChI=1S/C13H15FOS/c1-3-8(2)13(15)12-6-9-4-5-10(14)7-11(9)16-12/h4-8,13,15H,3H2,1-2H3. The fourth-order valence-corrected chi connectivity index (χ4v) is 2.88. The summed E-state index contributed by atoms with van der Waals surface area (Å²) in [6.45, 7) is 4.08. The molecule has 1 nitrogen and oxygen atoms in total. The van der Waals surface area contributed by atoms with Crippen LogP contribution in [-0.4, -0.2) is 5.11 Å². The minimum absolute atomic E-state index is 0.223. The molecule has 2 atom stereocenters. The van der Waals surface area contributed by atoms with Crippen molar-refractivity contribution in [3.8, 4) is 0 Å². The Balaban J connectivity index is 2.39. The molecule has 2 unspecified atom stereocenters. The molecule has 0 amide bonds. The number of rotatable bonds is 3. The Morgan fingerprint density at radius 2 is 2.12 bits per heavy atom. The highest BCUT2D eigenvalue weighted by Crippen LogP contribution is 2.34. The minimum Gasteiger partial charge on any atom is -0.387 e. The predicted molar refractivity (Wildman–Crippen MR) is 66.2 cm³/mol. The maximum absolute atomic E-state index is 13.0. The number of aliphatic hydroxyl groups is 1. The van der Waals surface area contributed by atoms with Crippen molar-refractivity contribution in [2.75, 3.05) is 0 Å². The highest BCUT2D eigenvalue weighted by atomic mass is 32.1. The molecular weight excluding hydrogens is 223 g/mol. The zero-order valence-corrected chi connectivity index (χ0v) is 10.2. The normalized spacial score (nSPS) is 15.2. The van der Waals surface area contributed by atoms with Gasteiger partial charge in [0, 0.05) is 9.58 Å². The Morgan fingerprint density at radius 3 is 2.81 bits per heavy atom. The van der Waals surface area contributed by atoms with Gasteiger partial charge in [-0.2, -0.15) is 0 Å². The fourth-order valence-electron chi connectivity index (χ4n) is 1.67. The molecule has 1 N–H and O–H groups in total. The van der Waals surface area contributed by atoms with Gasteiger partial charge in [-0.1, -0.05) is 26.3 Å². The Morgan fingerprint density at radius 1 is 1.38 bits per heavy atom. The van der Waals surface area contributed by atoms with Crippen LogP contribution in [0.3, 0.4) is 0 Å². The van der Waals surface area contributed by atoms with Gasteiger partial charge in [0.2, 0.25) is 0 Å². The summed E-state index contributed by atoms with van der Waals surface area (Å²) in [4.78, 5) is 0.926. The summed E-state index contributed by atoms with van der Waals surface area (Å²) in [5.41, 5.74) is 0. The summed E-state index contributed by atoms with van der Waals surface area (Å²) < 4.78 is 13.9. The van der Waals surface area contributed by atoms with E-state index in [9.17, 15) is 9.50 Å². The van der Waals surface area contributed by atoms with Crippen LogP contribution in [0.25, 0.3) is 10.1 Å². The fraction of sp³-hybridized carbons (Fsp3) is 0.385. The first-order valence-corrected chi connectivity index (χ1v) is 6.30. The lowest BCUT2D eigenvalue weighted by Crippen LogP contribution is -2.05. The SMILES string of the molecule is CCC(C)C(O)c1cc2ccc(F)cc2s1. The van der Waals surface area contributed by atoms with E-state index in [4.69, 9.17) is 0 Å². The first kappa shape index (κ1) is 11.6. The number of fused-ring (bicyclic) bond motifs is 1. The first-order chi connectivity index (χ1) is 7.61. The lowest BCUT2D eigenvalue weighted by atomic mass is 10.0. The summed E-state index contributed by atoms with van der Waals surface area (Å²) in [5, 5.41) is 11.1. The average Bonchev–Trinajstić information content (AvgIpc) is 2.69. The Labute approximate surface area is 98.5 Å². The number of aliphatic hydroxyl groups excluding tert-OH is 1. The molecule has 3 heteroatoms. The average molecular weight is 238 g/mol. The second-order valence-electron chi connectivity index (χ2n) is 4.16. The van der Waals surface area contributed by atoms with Crippen LogP contribution in [0.1, 0.15) is 31.2 Å². The summed E-state index contributed by atoms with van der Waals surface area (Å²) in [7, 11) is 0. The monoisotopic (exact) mass is 238 g/mol. The number of benzene rings is 1. The van der Waals surface area contributed by atoms with Gasteiger partial charge in [-0.05, 0) is 29.5 Å². The van der Waals surface area contributed by atoms with Gasteiger partial charge in [-0.3, -0.25) is 0 Å². The largest absolute Gasteiger partial charge is 0.387 e. The van der Waals surface area contributed by atoms with Crippen LogP contribution in [0.15, 0.2) is 24.3 Å². The molecule has 1 aromatic carbocycles. The smallest absolute Gasteiger partial charge is 0.124 e. The summed E-state index contributed by atoms with van der Waals surface area (Å²) in [6.07, 6.45) is 0.495. The van der Waals surface area contributed by atoms with Crippen LogP contribution in [0, 0.1) is 11.7 Å². The summed E-state index contributed by atoms with van der Waals surface area (Å²) in [6, 6.07) is 6.69. The molecule has 0 radical (unpaired) electrons. The van der Waals surface area contributed by atoms with Crippen molar-refractivity contribution in [1.82, 2.24) is 0 Å². The van der Waals surface area contributed by atoms with Gasteiger partial charge >= 0.3 is 0 Å². The van der Waals surface area contributed by atoms with E-state index >= 15 is 0 Å². The van der Waals surface area contributed by atoms with E-state index in [1.165, 1.54) is 23.5 Å². The van der Waals surface area contributed by atoms with Gasteiger partial charge in [0.15, 0.2) is 0 Å². The molecule has 0 spiro atoms. The molecule has 0 saturated heterocycles. The van der Waals surface area contributed by atoms with Gasteiger partial charge in [0.1, 0.15) is 5.82 Å². The maximum atomic E-state index is 13.0. The van der Waals surface area contributed by atoms with Crippen molar-refractivity contribution in [3.05, 3.63) is 35.0 Å². The summed E-state index contributed by atoms with van der Waals surface area (Å²) in [5.74, 6) is 0.0110. The lowest BCUT2D eigenvalue weighted by Gasteiger charge is -2.14. The van der Waals surface area contributed by atoms with E-state index in [0.29, 0.717) is 0 Å². The van der Waals surface area contributed by atoms with Crippen molar-refractivity contribution in [2.45, 2.75) is 26.4 Å². The third kappa shape index (κ3) is 2.11. The van der Waals surface area contributed by atoms with Crippen molar-refractivity contribution >= 4 is 21.4 Å². The highest BCUT2D eigenvalue weighted by molar-refractivity contribution is 7.19. The molecule has 2 rings (SSSR count). The number of halogens is 1. The summed E-state index contributed by atoms with van der Waals surface area (Å²) >= 11 is 1.47. The number of hydrogen-bond donors (Lipinski definition) is 1. The van der Waals surface area contributed by atoms with Crippen molar-refractivity contribution < 1.29 is 9.50 Å². The lowest BCUT2D eigenvalue weighted by molar-refractivity contribution is 0.119. The van der Waals surface area contributed by atoms with Crippen LogP contribution in [0.5, 0.6) is 0 Å². The van der Waals surface area contributed by atoms with Crippen molar-refractivity contribution in [1.29, 1.82) is 0 Å². The van der Waals surface area contributed by atoms with E-state index in [2.05, 4.69) is 6.92 Å². The first-order valence-electron chi connectivity index (χ1n) is 5.49. The Hall–Kier alpha value is -0.930. The molecule has 2 aromatic rings. The van der Waals surface area contributed by atoms with Crippen LogP contribution in [-0.2, 0) is 0 Å². The van der Waals surface area contributed by atoms with Crippen LogP contribution in [0.4, 0.5) is 4.39 Å². The second-order valence-corrected chi connectivity index (χ2v) is 5.28.